The van der Waals surface area contributed by atoms with Crippen LogP contribution < -0.4 is 0 Å². The van der Waals surface area contributed by atoms with Crippen LogP contribution in [0.2, 0.25) is 0 Å². The van der Waals surface area contributed by atoms with Crippen molar-refractivity contribution in [3.05, 3.63) is 58.7 Å². The summed E-state index contributed by atoms with van der Waals surface area (Å²) in [5, 5.41) is 22.8. The van der Waals surface area contributed by atoms with Gasteiger partial charge in [-0.3, -0.25) is 0 Å². The van der Waals surface area contributed by atoms with E-state index in [0.717, 1.165) is 28.6 Å². The molecule has 0 aliphatic rings. The number of aromatic nitrogens is 2. The van der Waals surface area contributed by atoms with Crippen molar-refractivity contribution in [1.29, 1.82) is 0 Å². The van der Waals surface area contributed by atoms with Crippen molar-refractivity contribution >= 4 is 11.0 Å². The summed E-state index contributed by atoms with van der Waals surface area (Å²) in [7, 11) is 0. The van der Waals surface area contributed by atoms with E-state index in [1.807, 2.05) is 26.0 Å². The lowest BCUT2D eigenvalue weighted by Gasteiger charge is -2.13. The number of alkyl halides is 3. The molecule has 4 rings (SSSR count). The number of fused-ring (bicyclic) bond motifs is 1. The highest BCUT2D eigenvalue weighted by Crippen LogP contribution is 2.38. The minimum Gasteiger partial charge on any atom is -0.451 e. The minimum absolute atomic E-state index is 0.0607. The molecule has 0 saturated heterocycles. The molecule has 2 heterocycles. The third-order valence-electron chi connectivity index (χ3n) is 4.62. The van der Waals surface area contributed by atoms with Crippen LogP contribution in [-0.4, -0.2) is 20.4 Å². The Hall–Kier alpha value is -3.17. The van der Waals surface area contributed by atoms with Crippen LogP contribution in [0.4, 0.5) is 13.2 Å². The van der Waals surface area contributed by atoms with Crippen LogP contribution in [-0.2, 0) is 6.18 Å². The second-order valence-electron chi connectivity index (χ2n) is 6.65. The highest BCUT2D eigenvalue weighted by Gasteiger charge is 2.35. The molecule has 2 N–H and O–H groups in total. The van der Waals surface area contributed by atoms with Crippen LogP contribution in [0.5, 0.6) is 0 Å². The van der Waals surface area contributed by atoms with Gasteiger partial charge in [-0.2, -0.15) is 18.2 Å². The summed E-state index contributed by atoms with van der Waals surface area (Å²) in [6.07, 6.45) is -6.79. The fourth-order valence-corrected chi connectivity index (χ4v) is 3.08. The molecule has 2 aromatic heterocycles. The van der Waals surface area contributed by atoms with Gasteiger partial charge in [0.25, 0.3) is 5.89 Å². The Bertz CT molecular complexity index is 1170. The first kappa shape index (κ1) is 19.2. The zero-order chi connectivity index (χ0) is 20.9. The Morgan fingerprint density at radius 1 is 1.00 bits per heavy atom. The van der Waals surface area contributed by atoms with E-state index in [4.69, 9.17) is 19.2 Å². The number of hydrogen-bond donors (Lipinski definition) is 2. The Morgan fingerprint density at radius 3 is 2.38 bits per heavy atom. The largest absolute Gasteiger partial charge is 0.451 e. The van der Waals surface area contributed by atoms with Crippen molar-refractivity contribution in [2.75, 3.05) is 0 Å². The number of halogens is 3. The Balaban J connectivity index is 1.81. The zero-order valence-electron chi connectivity index (χ0n) is 15.3. The molecule has 29 heavy (non-hydrogen) atoms. The van der Waals surface area contributed by atoms with E-state index >= 15 is 0 Å². The topological polar surface area (TPSA) is 92.5 Å². The molecule has 0 aliphatic heterocycles. The van der Waals surface area contributed by atoms with Gasteiger partial charge in [-0.15, -0.1) is 0 Å². The molecule has 0 fully saturated rings. The van der Waals surface area contributed by atoms with Crippen molar-refractivity contribution in [3.63, 3.8) is 0 Å². The first-order valence-electron chi connectivity index (χ1n) is 8.56. The Labute approximate surface area is 162 Å². The van der Waals surface area contributed by atoms with Gasteiger partial charge in [0.2, 0.25) is 5.82 Å². The third kappa shape index (κ3) is 3.39. The third-order valence-corrected chi connectivity index (χ3v) is 4.62. The molecule has 0 amide bonds. The average Bonchev–Trinajstić information content (AvgIpc) is 3.31. The monoisotopic (exact) mass is 404 g/mol. The normalized spacial score (nSPS) is 12.3. The number of aliphatic hydroxyl groups is 2. The fourth-order valence-electron chi connectivity index (χ4n) is 3.08. The van der Waals surface area contributed by atoms with Gasteiger partial charge in [-0.1, -0.05) is 23.4 Å². The van der Waals surface area contributed by atoms with Crippen molar-refractivity contribution < 1.29 is 32.3 Å². The maximum atomic E-state index is 13.5. The number of hydrogen-bond acceptors (Lipinski definition) is 6. The molecule has 0 saturated carbocycles. The van der Waals surface area contributed by atoms with E-state index in [-0.39, 0.29) is 28.6 Å². The van der Waals surface area contributed by atoms with Crippen LogP contribution in [0.25, 0.3) is 34.0 Å². The molecule has 2 aromatic carbocycles. The van der Waals surface area contributed by atoms with Crippen LogP contribution in [0.3, 0.4) is 0 Å². The molecule has 0 spiro atoms. The molecular weight excluding hydrogens is 389 g/mol. The quantitative estimate of drug-likeness (QED) is 0.478. The number of aliphatic hydroxyl groups excluding tert-OH is 1. The summed E-state index contributed by atoms with van der Waals surface area (Å²) in [5.41, 5.74) is 0.754. The number of benzene rings is 2. The van der Waals surface area contributed by atoms with Crippen molar-refractivity contribution in [1.82, 2.24) is 10.1 Å². The van der Waals surface area contributed by atoms with Gasteiger partial charge in [-0.25, -0.2) is 0 Å². The summed E-state index contributed by atoms with van der Waals surface area (Å²) in [6, 6.07) is 8.40. The molecule has 0 aliphatic carbocycles. The first-order chi connectivity index (χ1) is 13.6. The summed E-state index contributed by atoms with van der Waals surface area (Å²) in [6.45, 7) is 3.79. The highest BCUT2D eigenvalue weighted by atomic mass is 19.4. The lowest BCUT2D eigenvalue weighted by atomic mass is 10.0. The van der Waals surface area contributed by atoms with Crippen LogP contribution in [0.15, 0.2) is 45.3 Å². The molecule has 4 aromatic rings. The summed E-state index contributed by atoms with van der Waals surface area (Å²) < 4.78 is 51.3. The van der Waals surface area contributed by atoms with E-state index in [0.29, 0.717) is 11.6 Å². The molecular formula is C20H15F3N2O4. The number of nitrogens with zero attached hydrogens (tertiary/aromatic N) is 2. The first-order valence-corrected chi connectivity index (χ1v) is 8.56. The van der Waals surface area contributed by atoms with E-state index < -0.39 is 18.0 Å². The molecule has 6 nitrogen and oxygen atoms in total. The van der Waals surface area contributed by atoms with Crippen LogP contribution in [0.1, 0.15) is 28.5 Å². The zero-order valence-corrected chi connectivity index (χ0v) is 15.3. The summed E-state index contributed by atoms with van der Waals surface area (Å²) in [5.74, 6) is -0.110. The van der Waals surface area contributed by atoms with Crippen LogP contribution in [0, 0.1) is 13.8 Å². The number of rotatable bonds is 3. The second kappa shape index (κ2) is 6.71. The Morgan fingerprint density at radius 2 is 1.72 bits per heavy atom. The minimum atomic E-state index is -4.76. The maximum Gasteiger partial charge on any atom is 0.417 e. The fraction of sp³-hybridized carbons (Fsp3) is 0.200. The smallest absolute Gasteiger partial charge is 0.417 e. The molecule has 0 unspecified atom stereocenters. The van der Waals surface area contributed by atoms with Crippen molar-refractivity contribution in [2.24, 2.45) is 0 Å². The predicted octanol–water partition coefficient (Wildman–Crippen LogP) is 4.77. The van der Waals surface area contributed by atoms with Gasteiger partial charge in [0.05, 0.1) is 5.56 Å². The van der Waals surface area contributed by atoms with Gasteiger partial charge in [-0.05, 0) is 43.2 Å². The predicted molar refractivity (Wildman–Crippen MR) is 96.6 cm³/mol. The van der Waals surface area contributed by atoms with Crippen molar-refractivity contribution in [3.8, 4) is 23.0 Å². The van der Waals surface area contributed by atoms with Crippen molar-refractivity contribution in [2.45, 2.75) is 26.3 Å². The van der Waals surface area contributed by atoms with Gasteiger partial charge < -0.3 is 19.2 Å². The average molecular weight is 404 g/mol. The summed E-state index contributed by atoms with van der Waals surface area (Å²) in [4.78, 5) is 4.06. The Kier molecular flexibility index (Phi) is 4.44. The summed E-state index contributed by atoms with van der Waals surface area (Å²) >= 11 is 0. The number of aryl methyl sites for hydroxylation is 2. The molecule has 0 bridgehead atoms. The number of furan rings is 1. The van der Waals surface area contributed by atoms with Gasteiger partial charge in [0.1, 0.15) is 5.58 Å². The molecule has 9 heteroatoms. The lowest BCUT2D eigenvalue weighted by molar-refractivity contribution is -0.137. The maximum absolute atomic E-state index is 13.5. The molecule has 150 valence electrons. The van der Waals surface area contributed by atoms with Gasteiger partial charge in [0, 0.05) is 16.5 Å². The van der Waals surface area contributed by atoms with E-state index in [2.05, 4.69) is 10.1 Å². The van der Waals surface area contributed by atoms with E-state index in [9.17, 15) is 13.2 Å². The van der Waals surface area contributed by atoms with E-state index in [1.54, 1.807) is 6.07 Å². The van der Waals surface area contributed by atoms with Gasteiger partial charge >= 0.3 is 6.18 Å². The van der Waals surface area contributed by atoms with E-state index in [1.165, 1.54) is 0 Å². The SMILES string of the molecule is Cc1ccc(C)c2oc(-c3nc(-c4ccc(C(O)O)cc4C(F)(F)F)no3)cc12. The molecule has 0 atom stereocenters. The standard InChI is InChI=1S/C20H15F3N2O4/c1-9-3-4-10(2)16-13(9)8-15(28-16)18-24-17(25-29-18)12-6-5-11(19(26)27)7-14(12)20(21,22)23/h3-8,19,26-27H,1-2H3. The molecule has 0 radical (unpaired) electrons. The van der Waals surface area contributed by atoms with Crippen LogP contribution >= 0.6 is 0 Å². The lowest BCUT2D eigenvalue weighted by Crippen LogP contribution is -2.09. The van der Waals surface area contributed by atoms with Gasteiger partial charge in [0.15, 0.2) is 12.1 Å². The second-order valence-corrected chi connectivity index (χ2v) is 6.65. The highest BCUT2D eigenvalue weighted by molar-refractivity contribution is 5.87.